The Bertz CT molecular complexity index is 903. The fourth-order valence-electron chi connectivity index (χ4n) is 3.46. The van der Waals surface area contributed by atoms with Crippen LogP contribution in [0.15, 0.2) is 41.2 Å². The molecule has 0 aliphatic rings. The van der Waals surface area contributed by atoms with Crippen molar-refractivity contribution in [2.24, 2.45) is 0 Å². The molecule has 2 rings (SSSR count). The quantitative estimate of drug-likeness (QED) is 0.638. The lowest BCUT2D eigenvalue weighted by Gasteiger charge is -2.19. The average Bonchev–Trinajstić information content (AvgIpc) is 2.72. The first-order valence-electron chi connectivity index (χ1n) is 10.3. The van der Waals surface area contributed by atoms with Crippen molar-refractivity contribution in [1.82, 2.24) is 9.88 Å². The molecule has 2 N–H and O–H groups in total. The molecule has 0 unspecified atom stereocenters. The van der Waals surface area contributed by atoms with Crippen molar-refractivity contribution in [3.63, 3.8) is 0 Å². The van der Waals surface area contributed by atoms with Crippen LogP contribution < -0.4 is 10.9 Å². The van der Waals surface area contributed by atoms with Crippen LogP contribution in [0.1, 0.15) is 73.3 Å². The van der Waals surface area contributed by atoms with Gasteiger partial charge in [-0.15, -0.1) is 0 Å². The molecule has 0 fully saturated rings. The number of carbonyl (C=O) groups is 2. The smallest absolute Gasteiger partial charge is 0.330 e. The molecule has 6 heteroatoms. The maximum atomic E-state index is 13.1. The van der Waals surface area contributed by atoms with Crippen molar-refractivity contribution in [1.29, 1.82) is 0 Å². The fourth-order valence-corrected chi connectivity index (χ4v) is 3.46. The lowest BCUT2D eigenvalue weighted by atomic mass is 10.0. The topological polar surface area (TPSA) is 88.4 Å². The van der Waals surface area contributed by atoms with Crippen LogP contribution in [0.25, 0.3) is 0 Å². The van der Waals surface area contributed by atoms with E-state index >= 15 is 0 Å². The van der Waals surface area contributed by atoms with Crippen molar-refractivity contribution in [3.8, 4) is 0 Å². The number of nitrogens with zero attached hydrogens (tertiary/aromatic N) is 1. The van der Waals surface area contributed by atoms with Crippen molar-refractivity contribution in [2.75, 3.05) is 0 Å². The number of carboxylic acids is 1. The predicted molar refractivity (Wildman–Crippen MR) is 113 cm³/mol. The van der Waals surface area contributed by atoms with Crippen molar-refractivity contribution in [3.05, 3.63) is 69.1 Å². The van der Waals surface area contributed by atoms with E-state index in [1.54, 1.807) is 41.0 Å². The molecule has 1 amide bonds. The molecule has 6 nitrogen and oxygen atoms in total. The Balaban J connectivity index is 2.48. The van der Waals surface area contributed by atoms with Gasteiger partial charge in [0.2, 0.25) is 0 Å². The van der Waals surface area contributed by atoms with Gasteiger partial charge in [0, 0.05) is 12.2 Å². The molecule has 0 saturated carbocycles. The minimum Gasteiger partial charge on any atom is -0.479 e. The standard InChI is InChI=1S/C23H30N2O4/c1-4-7-14-25-19(11-5-2)16(6-3)15-18(22(25)27)21(26)24-20(23(28)29)17-12-9-8-10-13-17/h8-10,12-13,15,20H,4-7,11,14H2,1-3H3,(H,24,26)(H,28,29)/t20-/m1/s1. The Hall–Kier alpha value is -2.89. The zero-order valence-corrected chi connectivity index (χ0v) is 17.4. The predicted octanol–water partition coefficient (Wildman–Crippen LogP) is 3.72. The summed E-state index contributed by atoms with van der Waals surface area (Å²) in [6.45, 7) is 6.67. The Morgan fingerprint density at radius 2 is 1.79 bits per heavy atom. The first kappa shape index (κ1) is 22.4. The Morgan fingerprint density at radius 1 is 1.10 bits per heavy atom. The molecule has 0 spiro atoms. The van der Waals surface area contributed by atoms with Gasteiger partial charge in [-0.2, -0.15) is 0 Å². The van der Waals surface area contributed by atoms with Crippen LogP contribution >= 0.6 is 0 Å². The number of pyridine rings is 1. The summed E-state index contributed by atoms with van der Waals surface area (Å²) >= 11 is 0. The molecule has 1 aromatic heterocycles. The molecule has 1 atom stereocenters. The largest absolute Gasteiger partial charge is 0.479 e. The summed E-state index contributed by atoms with van der Waals surface area (Å²) in [5, 5.41) is 12.1. The summed E-state index contributed by atoms with van der Waals surface area (Å²) in [5.74, 6) is -1.83. The summed E-state index contributed by atoms with van der Waals surface area (Å²) in [7, 11) is 0. The van der Waals surface area contributed by atoms with Gasteiger partial charge in [-0.05, 0) is 36.5 Å². The second-order valence-corrected chi connectivity index (χ2v) is 7.10. The molecule has 0 aliphatic carbocycles. The summed E-state index contributed by atoms with van der Waals surface area (Å²) < 4.78 is 1.71. The van der Waals surface area contributed by atoms with E-state index < -0.39 is 17.9 Å². The summed E-state index contributed by atoms with van der Waals surface area (Å²) in [4.78, 5) is 37.8. The molecule has 0 saturated heterocycles. The lowest BCUT2D eigenvalue weighted by molar-refractivity contribution is -0.139. The average molecular weight is 399 g/mol. The second kappa shape index (κ2) is 10.6. The van der Waals surface area contributed by atoms with Gasteiger partial charge in [0.25, 0.3) is 11.5 Å². The molecular weight excluding hydrogens is 368 g/mol. The molecule has 0 radical (unpaired) electrons. The third kappa shape index (κ3) is 5.34. The molecule has 1 aromatic carbocycles. The van der Waals surface area contributed by atoms with Crippen molar-refractivity contribution in [2.45, 2.75) is 65.5 Å². The molecule has 29 heavy (non-hydrogen) atoms. The number of aliphatic carboxylic acids is 1. The molecule has 0 aliphatic heterocycles. The summed E-state index contributed by atoms with van der Waals surface area (Å²) in [5.41, 5.74) is 2.04. The molecule has 1 heterocycles. The zero-order valence-electron chi connectivity index (χ0n) is 17.4. The first-order chi connectivity index (χ1) is 13.9. The SMILES string of the molecule is CCCCn1c(CCC)c(CC)cc(C(=O)N[C@@H](C(=O)O)c2ccccc2)c1=O. The van der Waals surface area contributed by atoms with E-state index in [9.17, 15) is 19.5 Å². The first-order valence-corrected chi connectivity index (χ1v) is 10.3. The number of aromatic nitrogens is 1. The van der Waals surface area contributed by atoms with Gasteiger partial charge in [0.05, 0.1) is 0 Å². The number of benzene rings is 1. The second-order valence-electron chi connectivity index (χ2n) is 7.10. The number of aryl methyl sites for hydroxylation is 1. The third-order valence-corrected chi connectivity index (χ3v) is 4.99. The minimum absolute atomic E-state index is 0.0000118. The number of amides is 1. The van der Waals surface area contributed by atoms with Crippen LogP contribution in [0, 0.1) is 0 Å². The number of nitrogens with one attached hydrogen (secondary N) is 1. The van der Waals surface area contributed by atoms with Crippen LogP contribution in [0.3, 0.4) is 0 Å². The molecule has 156 valence electrons. The van der Waals surface area contributed by atoms with Gasteiger partial charge in [-0.3, -0.25) is 9.59 Å². The van der Waals surface area contributed by atoms with Crippen molar-refractivity contribution >= 4 is 11.9 Å². The normalized spacial score (nSPS) is 11.8. The summed E-state index contributed by atoms with van der Waals surface area (Å²) in [6, 6.07) is 8.90. The highest BCUT2D eigenvalue weighted by atomic mass is 16.4. The van der Waals surface area contributed by atoms with Crippen LogP contribution in [0.4, 0.5) is 0 Å². The van der Waals surface area contributed by atoms with Crippen LogP contribution in [0.5, 0.6) is 0 Å². The van der Waals surface area contributed by atoms with E-state index in [2.05, 4.69) is 19.2 Å². The minimum atomic E-state index is -1.22. The van der Waals surface area contributed by atoms with E-state index in [1.807, 2.05) is 6.92 Å². The molecular formula is C23H30N2O4. The number of carbonyl (C=O) groups excluding carboxylic acids is 1. The Morgan fingerprint density at radius 3 is 2.34 bits per heavy atom. The fraction of sp³-hybridized carbons (Fsp3) is 0.435. The highest BCUT2D eigenvalue weighted by Crippen LogP contribution is 2.16. The monoisotopic (exact) mass is 398 g/mol. The van der Waals surface area contributed by atoms with E-state index in [0.29, 0.717) is 18.5 Å². The van der Waals surface area contributed by atoms with Crippen LogP contribution in [-0.4, -0.2) is 21.6 Å². The summed E-state index contributed by atoms with van der Waals surface area (Å²) in [6.07, 6.45) is 4.14. The van der Waals surface area contributed by atoms with Gasteiger partial charge in [-0.25, -0.2) is 4.79 Å². The highest BCUT2D eigenvalue weighted by Gasteiger charge is 2.25. The van der Waals surface area contributed by atoms with Crippen LogP contribution in [0.2, 0.25) is 0 Å². The van der Waals surface area contributed by atoms with Gasteiger partial charge in [-0.1, -0.05) is 63.9 Å². The highest BCUT2D eigenvalue weighted by molar-refractivity contribution is 5.96. The number of unbranched alkanes of at least 4 members (excludes halogenated alkanes) is 1. The maximum Gasteiger partial charge on any atom is 0.330 e. The zero-order chi connectivity index (χ0) is 21.4. The maximum absolute atomic E-state index is 13.1. The lowest BCUT2D eigenvalue weighted by Crippen LogP contribution is -2.39. The van der Waals surface area contributed by atoms with E-state index in [1.165, 1.54) is 0 Å². The molecule has 2 aromatic rings. The number of hydrogen-bond acceptors (Lipinski definition) is 3. The Labute approximate surface area is 171 Å². The Kier molecular flexibility index (Phi) is 8.19. The van der Waals surface area contributed by atoms with Gasteiger partial charge >= 0.3 is 5.97 Å². The van der Waals surface area contributed by atoms with Gasteiger partial charge < -0.3 is 15.0 Å². The molecule has 0 bridgehead atoms. The van der Waals surface area contributed by atoms with E-state index in [4.69, 9.17) is 0 Å². The van der Waals surface area contributed by atoms with E-state index in [0.717, 1.165) is 36.9 Å². The third-order valence-electron chi connectivity index (χ3n) is 4.99. The number of carboxylic acid groups (broad SMARTS) is 1. The number of hydrogen-bond donors (Lipinski definition) is 2. The number of rotatable bonds is 10. The van der Waals surface area contributed by atoms with Gasteiger partial charge in [0.1, 0.15) is 5.56 Å². The van der Waals surface area contributed by atoms with Gasteiger partial charge in [0.15, 0.2) is 6.04 Å². The van der Waals surface area contributed by atoms with E-state index in [-0.39, 0.29) is 11.1 Å². The van der Waals surface area contributed by atoms with Crippen LogP contribution in [-0.2, 0) is 24.2 Å². The van der Waals surface area contributed by atoms with Crippen molar-refractivity contribution < 1.29 is 14.7 Å².